The molecule has 1 N–H and O–H groups in total. The van der Waals surface area contributed by atoms with Gasteiger partial charge in [-0.1, -0.05) is 6.07 Å². The van der Waals surface area contributed by atoms with Crippen molar-refractivity contribution in [3.63, 3.8) is 0 Å². The van der Waals surface area contributed by atoms with Crippen molar-refractivity contribution in [3.05, 3.63) is 60.6 Å². The minimum atomic E-state index is -0.175. The Labute approximate surface area is 151 Å². The maximum Gasteiger partial charge on any atom is 0.270 e. The van der Waals surface area contributed by atoms with E-state index < -0.39 is 0 Å². The molecule has 0 bridgehead atoms. The van der Waals surface area contributed by atoms with E-state index in [0.29, 0.717) is 11.5 Å². The highest BCUT2D eigenvalue weighted by atomic mass is 16.2. The van der Waals surface area contributed by atoms with E-state index in [1.165, 1.54) is 0 Å². The number of nitrogens with one attached hydrogen (secondary N) is 1. The Bertz CT molecular complexity index is 902. The summed E-state index contributed by atoms with van der Waals surface area (Å²) in [5.41, 5.74) is 1.51. The lowest BCUT2D eigenvalue weighted by molar-refractivity contribution is 0.0930. The molecule has 0 radical (unpaired) electrons. The van der Waals surface area contributed by atoms with Gasteiger partial charge in [-0.05, 0) is 25.2 Å². The largest absolute Gasteiger partial charge is 0.346 e. The molecule has 134 valence electrons. The average molecular weight is 351 g/mol. The van der Waals surface area contributed by atoms with Gasteiger partial charge < -0.3 is 14.8 Å². The number of aromatic nitrogens is 5. The van der Waals surface area contributed by atoms with Crippen molar-refractivity contribution in [1.82, 2.24) is 34.5 Å². The normalized spacial score (nSPS) is 20.4. The molecule has 1 saturated heterocycles. The predicted octanol–water partition coefficient (Wildman–Crippen LogP) is 0.828. The van der Waals surface area contributed by atoms with E-state index in [0.717, 1.165) is 18.8 Å². The quantitative estimate of drug-likeness (QED) is 0.753. The van der Waals surface area contributed by atoms with Crippen molar-refractivity contribution >= 4 is 5.91 Å². The molecule has 1 fully saturated rings. The maximum atomic E-state index is 12.8. The van der Waals surface area contributed by atoms with Gasteiger partial charge in [0.2, 0.25) is 0 Å². The molecule has 2 atom stereocenters. The zero-order chi connectivity index (χ0) is 18.1. The van der Waals surface area contributed by atoms with Crippen molar-refractivity contribution in [2.45, 2.75) is 12.0 Å². The lowest BCUT2D eigenvalue weighted by Gasteiger charge is -2.20. The molecule has 3 aromatic rings. The highest BCUT2D eigenvalue weighted by molar-refractivity contribution is 5.92. The fourth-order valence-electron chi connectivity index (χ4n) is 3.50. The van der Waals surface area contributed by atoms with Crippen LogP contribution in [-0.4, -0.2) is 61.3 Å². The molecule has 0 aliphatic carbocycles. The summed E-state index contributed by atoms with van der Waals surface area (Å²) in [6.45, 7) is 1.67. The van der Waals surface area contributed by atoms with Gasteiger partial charge in [-0.15, -0.1) is 0 Å². The molecule has 0 aromatic carbocycles. The minimum absolute atomic E-state index is 0.0121. The van der Waals surface area contributed by atoms with Gasteiger partial charge in [-0.2, -0.15) is 5.10 Å². The van der Waals surface area contributed by atoms with Crippen LogP contribution in [0.2, 0.25) is 0 Å². The molecular formula is C18H21N7O. The van der Waals surface area contributed by atoms with Gasteiger partial charge in [-0.3, -0.25) is 4.79 Å². The number of imidazole rings is 1. The van der Waals surface area contributed by atoms with Crippen molar-refractivity contribution in [1.29, 1.82) is 0 Å². The first-order valence-electron chi connectivity index (χ1n) is 8.54. The second-order valence-electron chi connectivity index (χ2n) is 6.67. The third kappa shape index (κ3) is 3.11. The summed E-state index contributed by atoms with van der Waals surface area (Å²) < 4.78 is 3.65. The van der Waals surface area contributed by atoms with E-state index in [2.05, 4.69) is 32.3 Å². The Morgan fingerprint density at radius 3 is 2.85 bits per heavy atom. The summed E-state index contributed by atoms with van der Waals surface area (Å²) in [6.07, 6.45) is 7.15. The van der Waals surface area contributed by atoms with Crippen molar-refractivity contribution in [3.8, 4) is 5.82 Å². The van der Waals surface area contributed by atoms with E-state index in [-0.39, 0.29) is 17.9 Å². The van der Waals surface area contributed by atoms with Crippen molar-refractivity contribution in [2.75, 3.05) is 20.1 Å². The van der Waals surface area contributed by atoms with Gasteiger partial charge in [0.05, 0.1) is 12.4 Å². The molecule has 1 aliphatic rings. The summed E-state index contributed by atoms with van der Waals surface area (Å²) in [4.78, 5) is 23.7. The standard InChI is InChI=1S/C18H21N7O/c1-23-10-13(16-9-19-12-24(16)2)15(11-23)22-18(26)14-5-3-6-17(21-14)25-8-4-7-20-25/h3-9,12-13,15H,10-11H2,1-2H3,(H,22,26)/t13-,15-/m1/s1. The van der Waals surface area contributed by atoms with Gasteiger partial charge >= 0.3 is 0 Å². The lowest BCUT2D eigenvalue weighted by Crippen LogP contribution is -2.40. The summed E-state index contributed by atoms with van der Waals surface area (Å²) in [5.74, 6) is 0.645. The van der Waals surface area contributed by atoms with Gasteiger partial charge in [0.15, 0.2) is 5.82 Å². The zero-order valence-electron chi connectivity index (χ0n) is 14.8. The van der Waals surface area contributed by atoms with Crippen LogP contribution in [0.4, 0.5) is 0 Å². The third-order valence-electron chi connectivity index (χ3n) is 4.76. The van der Waals surface area contributed by atoms with Crippen molar-refractivity contribution < 1.29 is 4.79 Å². The number of nitrogens with zero attached hydrogens (tertiary/aromatic N) is 6. The Morgan fingerprint density at radius 1 is 1.23 bits per heavy atom. The number of pyridine rings is 1. The highest BCUT2D eigenvalue weighted by Gasteiger charge is 2.35. The van der Waals surface area contributed by atoms with Crippen LogP contribution < -0.4 is 5.32 Å². The zero-order valence-corrected chi connectivity index (χ0v) is 14.8. The number of carbonyl (C=O) groups excluding carboxylic acids is 1. The SMILES string of the molecule is CN1C[C@@H](NC(=O)c2cccc(-n3cccn3)n2)[C@H](c2cncn2C)C1. The van der Waals surface area contributed by atoms with Crippen LogP contribution in [0.25, 0.3) is 5.82 Å². The smallest absolute Gasteiger partial charge is 0.270 e. The molecule has 1 aliphatic heterocycles. The fourth-order valence-corrected chi connectivity index (χ4v) is 3.50. The molecule has 3 aromatic heterocycles. The number of amides is 1. The maximum absolute atomic E-state index is 12.8. The third-order valence-corrected chi connectivity index (χ3v) is 4.76. The Balaban J connectivity index is 1.54. The fraction of sp³-hybridized carbons (Fsp3) is 0.333. The number of hydrogen-bond acceptors (Lipinski definition) is 5. The molecular weight excluding hydrogens is 330 g/mol. The predicted molar refractivity (Wildman–Crippen MR) is 96.1 cm³/mol. The van der Waals surface area contributed by atoms with Gasteiger partial charge in [-0.25, -0.2) is 14.6 Å². The number of aryl methyl sites for hydroxylation is 1. The molecule has 1 amide bonds. The summed E-state index contributed by atoms with van der Waals surface area (Å²) in [6, 6.07) is 7.20. The first-order chi connectivity index (χ1) is 12.6. The first kappa shape index (κ1) is 16.5. The Kier molecular flexibility index (Phi) is 4.26. The van der Waals surface area contributed by atoms with Gasteiger partial charge in [0.1, 0.15) is 5.69 Å². The minimum Gasteiger partial charge on any atom is -0.346 e. The molecule has 4 heterocycles. The van der Waals surface area contributed by atoms with Crippen LogP contribution >= 0.6 is 0 Å². The Morgan fingerprint density at radius 2 is 2.12 bits per heavy atom. The van der Waals surface area contributed by atoms with Crippen molar-refractivity contribution in [2.24, 2.45) is 7.05 Å². The second kappa shape index (κ2) is 6.72. The number of likely N-dealkylation sites (N-methyl/N-ethyl adjacent to an activating group) is 1. The average Bonchev–Trinajstić information content (AvgIpc) is 3.36. The number of likely N-dealkylation sites (tertiary alicyclic amines) is 1. The van der Waals surface area contributed by atoms with E-state index in [1.807, 2.05) is 36.0 Å². The lowest BCUT2D eigenvalue weighted by atomic mass is 10.00. The molecule has 8 heteroatoms. The highest BCUT2D eigenvalue weighted by Crippen LogP contribution is 2.26. The summed E-state index contributed by atoms with van der Waals surface area (Å²) in [5, 5.41) is 7.31. The van der Waals surface area contributed by atoms with E-state index in [1.54, 1.807) is 29.5 Å². The molecule has 8 nitrogen and oxygen atoms in total. The first-order valence-corrected chi connectivity index (χ1v) is 8.54. The van der Waals surface area contributed by atoms with E-state index >= 15 is 0 Å². The summed E-state index contributed by atoms with van der Waals surface area (Å²) >= 11 is 0. The van der Waals surface area contributed by atoms with Gasteiger partial charge in [0, 0.05) is 50.3 Å². The van der Waals surface area contributed by atoms with Crippen LogP contribution in [0.5, 0.6) is 0 Å². The monoisotopic (exact) mass is 351 g/mol. The van der Waals surface area contributed by atoms with E-state index in [4.69, 9.17) is 0 Å². The van der Waals surface area contributed by atoms with Crippen LogP contribution in [-0.2, 0) is 7.05 Å². The summed E-state index contributed by atoms with van der Waals surface area (Å²) in [7, 11) is 4.04. The van der Waals surface area contributed by atoms with Gasteiger partial charge in [0.25, 0.3) is 5.91 Å². The van der Waals surface area contributed by atoms with Crippen LogP contribution in [0.3, 0.4) is 0 Å². The van der Waals surface area contributed by atoms with E-state index in [9.17, 15) is 4.79 Å². The molecule has 0 spiro atoms. The number of rotatable bonds is 4. The van der Waals surface area contributed by atoms with Crippen LogP contribution in [0.15, 0.2) is 49.2 Å². The topological polar surface area (TPSA) is 80.9 Å². The van der Waals surface area contributed by atoms with Crippen LogP contribution in [0.1, 0.15) is 22.1 Å². The number of hydrogen-bond donors (Lipinski definition) is 1. The molecule has 26 heavy (non-hydrogen) atoms. The number of carbonyl (C=O) groups is 1. The van der Waals surface area contributed by atoms with Crippen LogP contribution in [0, 0.1) is 0 Å². The Hall–Kier alpha value is -3.00. The molecule has 0 saturated carbocycles. The molecule has 4 rings (SSSR count). The second-order valence-corrected chi connectivity index (χ2v) is 6.67. The molecule has 0 unspecified atom stereocenters.